The van der Waals surface area contributed by atoms with Crippen molar-refractivity contribution in [2.45, 2.75) is 51.7 Å². The van der Waals surface area contributed by atoms with Crippen LogP contribution in [0.5, 0.6) is 0 Å². The Bertz CT molecular complexity index is 1110. The van der Waals surface area contributed by atoms with Gasteiger partial charge in [-0.2, -0.15) is 0 Å². The molecule has 0 N–H and O–H groups in total. The molecule has 4 rings (SSSR count). The Morgan fingerprint density at radius 3 is 2.27 bits per heavy atom. The zero-order valence-electron chi connectivity index (χ0n) is 19.9. The third-order valence-corrected chi connectivity index (χ3v) is 6.19. The molecule has 0 radical (unpaired) electrons. The van der Waals surface area contributed by atoms with E-state index < -0.39 is 11.7 Å². The van der Waals surface area contributed by atoms with Gasteiger partial charge in [0.25, 0.3) is 0 Å². The first-order valence-corrected chi connectivity index (χ1v) is 11.4. The van der Waals surface area contributed by atoms with Gasteiger partial charge in [-0.25, -0.2) is 9.59 Å². The summed E-state index contributed by atoms with van der Waals surface area (Å²) in [4.78, 5) is 28.1. The molecule has 3 atom stereocenters. The van der Waals surface area contributed by atoms with Crippen LogP contribution in [-0.4, -0.2) is 30.8 Å². The number of rotatable bonds is 3. The van der Waals surface area contributed by atoms with Crippen molar-refractivity contribution in [3.63, 3.8) is 0 Å². The highest BCUT2D eigenvalue weighted by atomic mass is 16.6. The Kier molecular flexibility index (Phi) is 6.15. The molecule has 2 aromatic carbocycles. The second kappa shape index (κ2) is 8.89. The normalized spacial score (nSPS) is 21.8. The molecule has 0 saturated heterocycles. The van der Waals surface area contributed by atoms with E-state index in [4.69, 9.17) is 9.47 Å². The molecule has 1 amide bonds. The van der Waals surface area contributed by atoms with Crippen LogP contribution in [0.3, 0.4) is 0 Å². The quantitative estimate of drug-likeness (QED) is 0.534. The van der Waals surface area contributed by atoms with Crippen molar-refractivity contribution in [1.29, 1.82) is 0 Å². The van der Waals surface area contributed by atoms with E-state index in [-0.39, 0.29) is 23.8 Å². The molecule has 2 aromatic rings. The second-order valence-corrected chi connectivity index (χ2v) is 9.50. The second-order valence-electron chi connectivity index (χ2n) is 9.50. The molecule has 5 heteroatoms. The lowest BCUT2D eigenvalue weighted by atomic mass is 9.86. The highest BCUT2D eigenvalue weighted by Gasteiger charge is 2.45. The molecule has 1 aliphatic heterocycles. The highest BCUT2D eigenvalue weighted by Crippen LogP contribution is 2.49. The van der Waals surface area contributed by atoms with Gasteiger partial charge in [0, 0.05) is 23.0 Å². The lowest BCUT2D eigenvalue weighted by Gasteiger charge is -2.33. The third-order valence-electron chi connectivity index (χ3n) is 6.19. The molecule has 5 nitrogen and oxygen atoms in total. The number of anilines is 1. The number of benzene rings is 2. The van der Waals surface area contributed by atoms with E-state index in [1.54, 1.807) is 4.90 Å². The number of hydrogen-bond acceptors (Lipinski definition) is 4. The molecule has 172 valence electrons. The van der Waals surface area contributed by atoms with Crippen molar-refractivity contribution in [2.24, 2.45) is 5.92 Å². The average Bonchev–Trinajstić information content (AvgIpc) is 3.01. The smallest absolute Gasteiger partial charge is 0.415 e. The number of nitrogens with zero attached hydrogens (tertiary/aromatic N) is 1. The molecule has 0 bridgehead atoms. The Hall–Kier alpha value is -3.34. The summed E-state index contributed by atoms with van der Waals surface area (Å²) in [5.74, 6) is -0.699. The summed E-state index contributed by atoms with van der Waals surface area (Å²) in [6, 6.07) is 17.6. The molecule has 0 saturated carbocycles. The lowest BCUT2D eigenvalue weighted by Crippen LogP contribution is -2.43. The Morgan fingerprint density at radius 2 is 1.64 bits per heavy atom. The van der Waals surface area contributed by atoms with Gasteiger partial charge in [0.2, 0.25) is 0 Å². The van der Waals surface area contributed by atoms with Gasteiger partial charge < -0.3 is 9.47 Å². The zero-order valence-corrected chi connectivity index (χ0v) is 19.9. The monoisotopic (exact) mass is 445 g/mol. The lowest BCUT2D eigenvalue weighted by molar-refractivity contribution is -0.136. The Morgan fingerprint density at radius 1 is 0.970 bits per heavy atom. The summed E-state index contributed by atoms with van der Waals surface area (Å²) >= 11 is 0. The predicted octanol–water partition coefficient (Wildman–Crippen LogP) is 6.12. The topological polar surface area (TPSA) is 55.8 Å². The zero-order chi connectivity index (χ0) is 23.8. The minimum atomic E-state index is -0.634. The average molecular weight is 446 g/mol. The molecule has 33 heavy (non-hydrogen) atoms. The van der Waals surface area contributed by atoms with Crippen LogP contribution in [-0.2, 0) is 14.3 Å². The molecular weight excluding hydrogens is 414 g/mol. The fourth-order valence-corrected chi connectivity index (χ4v) is 4.79. The molecule has 0 fully saturated rings. The number of para-hydroxylation sites is 1. The number of allylic oxidation sites excluding steroid dienone is 1. The fourth-order valence-electron chi connectivity index (χ4n) is 4.79. The van der Waals surface area contributed by atoms with Gasteiger partial charge in [-0.1, -0.05) is 67.6 Å². The van der Waals surface area contributed by atoms with Crippen LogP contribution in [0.2, 0.25) is 0 Å². The van der Waals surface area contributed by atoms with E-state index in [1.165, 1.54) is 7.11 Å². The van der Waals surface area contributed by atoms with E-state index >= 15 is 0 Å². The number of amides is 1. The molecule has 2 aliphatic rings. The number of carbonyl (C=O) groups excluding carboxylic acids is 2. The van der Waals surface area contributed by atoms with Crippen molar-refractivity contribution in [1.82, 2.24) is 0 Å². The van der Waals surface area contributed by atoms with E-state index in [0.29, 0.717) is 5.57 Å². The summed E-state index contributed by atoms with van der Waals surface area (Å²) in [6.45, 7) is 7.66. The largest absolute Gasteiger partial charge is 0.466 e. The van der Waals surface area contributed by atoms with Crippen LogP contribution in [0, 0.1) is 5.92 Å². The number of carbonyl (C=O) groups is 2. The maximum atomic E-state index is 13.6. The van der Waals surface area contributed by atoms with E-state index in [2.05, 4.69) is 13.0 Å². The van der Waals surface area contributed by atoms with Gasteiger partial charge in [0.15, 0.2) is 0 Å². The fraction of sp³-hybridized carbons (Fsp3) is 0.357. The summed E-state index contributed by atoms with van der Waals surface area (Å²) < 4.78 is 11.0. The first kappa shape index (κ1) is 22.8. The van der Waals surface area contributed by atoms with Gasteiger partial charge in [-0.3, -0.25) is 4.90 Å². The van der Waals surface area contributed by atoms with Crippen molar-refractivity contribution in [2.75, 3.05) is 12.0 Å². The van der Waals surface area contributed by atoms with Gasteiger partial charge in [0.05, 0.1) is 18.8 Å². The van der Waals surface area contributed by atoms with Crippen LogP contribution in [0.1, 0.15) is 51.2 Å². The minimum Gasteiger partial charge on any atom is -0.466 e. The van der Waals surface area contributed by atoms with E-state index in [0.717, 1.165) is 28.8 Å². The first-order valence-electron chi connectivity index (χ1n) is 11.4. The highest BCUT2D eigenvalue weighted by molar-refractivity contribution is 6.03. The molecule has 0 aromatic heterocycles. The molecule has 1 heterocycles. The van der Waals surface area contributed by atoms with Gasteiger partial charge in [-0.05, 0) is 44.4 Å². The number of fused-ring (bicyclic) bond motifs is 3. The van der Waals surface area contributed by atoms with Crippen LogP contribution >= 0.6 is 0 Å². The van der Waals surface area contributed by atoms with Crippen LogP contribution in [0.25, 0.3) is 5.57 Å². The summed E-state index contributed by atoms with van der Waals surface area (Å²) in [7, 11) is 1.41. The summed E-state index contributed by atoms with van der Waals surface area (Å²) in [5.41, 5.74) is 3.86. The van der Waals surface area contributed by atoms with Crippen LogP contribution in [0.4, 0.5) is 10.5 Å². The van der Waals surface area contributed by atoms with Crippen molar-refractivity contribution >= 4 is 23.3 Å². The maximum Gasteiger partial charge on any atom is 0.415 e. The Labute approximate surface area is 195 Å². The number of ether oxygens (including phenoxy) is 2. The van der Waals surface area contributed by atoms with Crippen LogP contribution < -0.4 is 4.90 Å². The SMILES string of the molecule is CC[C@H]1C=C2c3ccccc3N(C(=O)OC(C)(C)C)[C@@H]2[C@H](c2ccccc2)C=C1C(=O)OC. The standard InChI is InChI=1S/C28H31NO4/c1-6-18-16-23-20-14-10-11-15-24(20)29(27(31)33-28(2,3)4)25(23)21(17-22(18)26(30)32-5)19-12-8-7-9-13-19/h7-18,21,25H,6H2,1-5H3/t18-,21-,25+/m0/s1. The molecule has 0 unspecified atom stereocenters. The summed E-state index contributed by atoms with van der Waals surface area (Å²) in [5, 5.41) is 0. The predicted molar refractivity (Wildman–Crippen MR) is 130 cm³/mol. The minimum absolute atomic E-state index is 0.115. The maximum absolute atomic E-state index is 13.6. The van der Waals surface area contributed by atoms with Crippen molar-refractivity contribution < 1.29 is 19.1 Å². The van der Waals surface area contributed by atoms with Gasteiger partial charge >= 0.3 is 12.1 Å². The van der Waals surface area contributed by atoms with E-state index in [9.17, 15) is 9.59 Å². The number of hydrogen-bond donors (Lipinski definition) is 0. The first-order chi connectivity index (χ1) is 15.7. The van der Waals surface area contributed by atoms with Crippen molar-refractivity contribution in [3.8, 4) is 0 Å². The van der Waals surface area contributed by atoms with Crippen molar-refractivity contribution in [3.05, 3.63) is 83.4 Å². The number of methoxy groups -OCH3 is 1. The van der Waals surface area contributed by atoms with Gasteiger partial charge in [0.1, 0.15) is 5.60 Å². The summed E-state index contributed by atoms with van der Waals surface area (Å²) in [6.07, 6.45) is 4.48. The van der Waals surface area contributed by atoms with Gasteiger partial charge in [-0.15, -0.1) is 0 Å². The third kappa shape index (κ3) is 4.32. The molecule has 1 aliphatic carbocycles. The molecule has 0 spiro atoms. The number of esters is 1. The molecular formula is C28H31NO4. The van der Waals surface area contributed by atoms with Crippen LogP contribution in [0.15, 0.2) is 72.3 Å². The van der Waals surface area contributed by atoms with E-state index in [1.807, 2.05) is 81.4 Å². The Balaban J connectivity index is 1.96.